The first-order valence-corrected chi connectivity index (χ1v) is 10.1. The van der Waals surface area contributed by atoms with E-state index in [9.17, 15) is 14.7 Å². The number of rotatable bonds is 5. The molecule has 2 aromatic rings. The maximum Gasteiger partial charge on any atom is 0.335 e. The summed E-state index contributed by atoms with van der Waals surface area (Å²) in [6.07, 6.45) is 0.767. The fourth-order valence-electron chi connectivity index (χ4n) is 4.26. The molecular weight excluding hydrogens is 378 g/mol. The van der Waals surface area contributed by atoms with Gasteiger partial charge in [-0.2, -0.15) is 0 Å². The van der Waals surface area contributed by atoms with E-state index in [4.69, 9.17) is 0 Å². The van der Waals surface area contributed by atoms with E-state index in [1.54, 1.807) is 31.1 Å². The number of likely N-dealkylation sites (N-methyl/N-ethyl adjacent to an activating group) is 1. The summed E-state index contributed by atoms with van der Waals surface area (Å²) in [5.74, 6) is -0.904. The summed E-state index contributed by atoms with van der Waals surface area (Å²) in [5.41, 5.74) is 3.44. The number of hydrogen-bond acceptors (Lipinski definition) is 4. The lowest BCUT2D eigenvalue weighted by Gasteiger charge is -2.41. The van der Waals surface area contributed by atoms with Crippen molar-refractivity contribution in [2.24, 2.45) is 5.41 Å². The van der Waals surface area contributed by atoms with E-state index < -0.39 is 11.5 Å². The monoisotopic (exact) mass is 409 g/mol. The van der Waals surface area contributed by atoms with Gasteiger partial charge < -0.3 is 20.6 Å². The molecule has 3 N–H and O–H groups in total. The first-order valence-electron chi connectivity index (χ1n) is 10.1. The highest BCUT2D eigenvalue weighted by Crippen LogP contribution is 2.45. The molecule has 1 aliphatic heterocycles. The highest BCUT2D eigenvalue weighted by molar-refractivity contribution is 5.89. The lowest BCUT2D eigenvalue weighted by molar-refractivity contribution is -0.132. The van der Waals surface area contributed by atoms with Crippen LogP contribution in [0, 0.1) is 5.41 Å². The highest BCUT2D eigenvalue weighted by atomic mass is 16.4. The van der Waals surface area contributed by atoms with Crippen molar-refractivity contribution >= 4 is 23.3 Å². The molecule has 1 atom stereocenters. The maximum absolute atomic E-state index is 12.5. The van der Waals surface area contributed by atoms with Crippen molar-refractivity contribution in [2.75, 3.05) is 24.7 Å². The zero-order chi connectivity index (χ0) is 22.3. The minimum absolute atomic E-state index is 0.00665. The van der Waals surface area contributed by atoms with Crippen molar-refractivity contribution in [3.63, 3.8) is 0 Å². The van der Waals surface area contributed by atoms with Crippen LogP contribution in [0.4, 0.5) is 11.4 Å². The van der Waals surface area contributed by atoms with E-state index in [2.05, 4.69) is 36.6 Å². The molecule has 6 nitrogen and oxygen atoms in total. The average Bonchev–Trinajstić information content (AvgIpc) is 2.65. The van der Waals surface area contributed by atoms with Gasteiger partial charge >= 0.3 is 5.97 Å². The van der Waals surface area contributed by atoms with Crippen LogP contribution in [0.5, 0.6) is 0 Å². The summed E-state index contributed by atoms with van der Waals surface area (Å²) in [7, 11) is 3.51. The van der Waals surface area contributed by atoms with Gasteiger partial charge in [-0.05, 0) is 67.1 Å². The van der Waals surface area contributed by atoms with Gasteiger partial charge in [-0.3, -0.25) is 4.79 Å². The molecule has 1 aliphatic rings. The van der Waals surface area contributed by atoms with Crippen molar-refractivity contribution in [3.05, 3.63) is 59.2 Å². The Labute approximate surface area is 178 Å². The molecule has 0 fully saturated rings. The summed E-state index contributed by atoms with van der Waals surface area (Å²) < 4.78 is 0. The van der Waals surface area contributed by atoms with Crippen LogP contribution in [-0.2, 0) is 11.2 Å². The Morgan fingerprint density at radius 2 is 1.87 bits per heavy atom. The zero-order valence-electron chi connectivity index (χ0n) is 18.5. The zero-order valence-corrected chi connectivity index (χ0v) is 18.5. The lowest BCUT2D eigenvalue weighted by atomic mass is 9.72. The van der Waals surface area contributed by atoms with Crippen LogP contribution in [-0.4, -0.2) is 41.5 Å². The third-order valence-corrected chi connectivity index (χ3v) is 5.70. The fourth-order valence-corrected chi connectivity index (χ4v) is 4.26. The Hall–Kier alpha value is -3.02. The summed E-state index contributed by atoms with van der Waals surface area (Å²) in [6, 6.07) is 13.4. The molecule has 6 heteroatoms. The molecule has 0 aliphatic carbocycles. The smallest absolute Gasteiger partial charge is 0.335 e. The van der Waals surface area contributed by atoms with Crippen molar-refractivity contribution in [1.29, 1.82) is 0 Å². The largest absolute Gasteiger partial charge is 0.478 e. The van der Waals surface area contributed by atoms with Crippen molar-refractivity contribution in [3.8, 4) is 0 Å². The first kappa shape index (κ1) is 21.7. The van der Waals surface area contributed by atoms with Gasteiger partial charge in [-0.15, -0.1) is 0 Å². The van der Waals surface area contributed by atoms with Crippen molar-refractivity contribution < 1.29 is 14.7 Å². The summed E-state index contributed by atoms with van der Waals surface area (Å²) in [4.78, 5) is 25.4. The quantitative estimate of drug-likeness (QED) is 0.682. The SMILES string of the molecule is CN(C)C(=O)C(C)(C)Nc1cccc(C2Nc3ccc(C(=O)O)cc3CC2(C)C)c1. The second-order valence-corrected chi connectivity index (χ2v) is 9.49. The third kappa shape index (κ3) is 4.27. The van der Waals surface area contributed by atoms with Gasteiger partial charge in [0.1, 0.15) is 5.54 Å². The summed E-state index contributed by atoms with van der Waals surface area (Å²) in [5, 5.41) is 16.3. The normalized spacial score (nSPS) is 17.5. The molecule has 160 valence electrons. The van der Waals surface area contributed by atoms with Crippen LogP contribution < -0.4 is 10.6 Å². The number of carboxylic acid groups (broad SMARTS) is 1. The Morgan fingerprint density at radius 1 is 1.17 bits per heavy atom. The van der Waals surface area contributed by atoms with E-state index >= 15 is 0 Å². The number of benzene rings is 2. The summed E-state index contributed by atoms with van der Waals surface area (Å²) in [6.45, 7) is 8.11. The number of aromatic carboxylic acids is 1. The molecule has 0 bridgehead atoms. The lowest BCUT2D eigenvalue weighted by Crippen LogP contribution is -2.47. The molecule has 0 radical (unpaired) electrons. The average molecular weight is 410 g/mol. The van der Waals surface area contributed by atoms with E-state index in [1.165, 1.54) is 0 Å². The number of hydrogen-bond donors (Lipinski definition) is 3. The Morgan fingerprint density at radius 3 is 2.50 bits per heavy atom. The van der Waals surface area contributed by atoms with Gasteiger partial charge in [0.15, 0.2) is 0 Å². The molecule has 2 aromatic carbocycles. The van der Waals surface area contributed by atoms with Gasteiger partial charge in [0.05, 0.1) is 11.6 Å². The van der Waals surface area contributed by atoms with E-state index in [0.29, 0.717) is 5.56 Å². The number of anilines is 2. The molecule has 3 rings (SSSR count). The fraction of sp³-hybridized carbons (Fsp3) is 0.417. The minimum atomic E-state index is -0.911. The molecule has 1 amide bonds. The van der Waals surface area contributed by atoms with E-state index in [-0.39, 0.29) is 17.4 Å². The maximum atomic E-state index is 12.5. The molecule has 1 unspecified atom stereocenters. The molecule has 0 saturated carbocycles. The van der Waals surface area contributed by atoms with Crippen LogP contribution in [0.3, 0.4) is 0 Å². The molecule has 1 heterocycles. The molecular formula is C24H31N3O3. The van der Waals surface area contributed by atoms with Crippen molar-refractivity contribution in [1.82, 2.24) is 4.90 Å². The van der Waals surface area contributed by atoms with Gasteiger partial charge in [0, 0.05) is 25.5 Å². The van der Waals surface area contributed by atoms with Crippen LogP contribution >= 0.6 is 0 Å². The van der Waals surface area contributed by atoms with E-state index in [0.717, 1.165) is 28.9 Å². The van der Waals surface area contributed by atoms with Crippen LogP contribution in [0.25, 0.3) is 0 Å². The third-order valence-electron chi connectivity index (χ3n) is 5.70. The Balaban J connectivity index is 1.90. The number of nitrogens with zero attached hydrogens (tertiary/aromatic N) is 1. The van der Waals surface area contributed by atoms with Crippen LogP contribution in [0.1, 0.15) is 55.2 Å². The minimum Gasteiger partial charge on any atom is -0.478 e. The van der Waals surface area contributed by atoms with Gasteiger partial charge in [-0.25, -0.2) is 4.79 Å². The van der Waals surface area contributed by atoms with Gasteiger partial charge in [0.2, 0.25) is 5.91 Å². The van der Waals surface area contributed by atoms with Gasteiger partial charge in [-0.1, -0.05) is 26.0 Å². The predicted molar refractivity (Wildman–Crippen MR) is 120 cm³/mol. The molecule has 0 aromatic heterocycles. The van der Waals surface area contributed by atoms with E-state index in [1.807, 2.05) is 32.0 Å². The topological polar surface area (TPSA) is 81.7 Å². The van der Waals surface area contributed by atoms with Crippen molar-refractivity contribution in [2.45, 2.75) is 45.7 Å². The number of nitrogens with one attached hydrogen (secondary N) is 2. The standard InChI is InChI=1S/C24H31N3O3/c1-23(2)14-17-12-16(21(28)29)10-11-19(17)25-20(23)15-8-7-9-18(13-15)26-24(3,4)22(30)27(5)6/h7-13,20,25-26H,14H2,1-6H3,(H,28,29). The Kier molecular flexibility index (Phi) is 5.54. The molecule has 0 saturated heterocycles. The first-order chi connectivity index (χ1) is 13.9. The number of carboxylic acids is 1. The highest BCUT2D eigenvalue weighted by Gasteiger charge is 2.36. The van der Waals surface area contributed by atoms with Crippen LogP contribution in [0.15, 0.2) is 42.5 Å². The summed E-state index contributed by atoms with van der Waals surface area (Å²) >= 11 is 0. The van der Waals surface area contributed by atoms with Gasteiger partial charge in [0.25, 0.3) is 0 Å². The number of carbonyl (C=O) groups is 2. The number of carbonyl (C=O) groups excluding carboxylic acids is 1. The number of amides is 1. The molecule has 0 spiro atoms. The molecule has 30 heavy (non-hydrogen) atoms. The number of fused-ring (bicyclic) bond motifs is 1. The predicted octanol–water partition coefficient (Wildman–Crippen LogP) is 4.40. The van der Waals surface area contributed by atoms with Crippen LogP contribution in [0.2, 0.25) is 0 Å². The Bertz CT molecular complexity index is 979. The second kappa shape index (κ2) is 7.67. The second-order valence-electron chi connectivity index (χ2n) is 9.49.